The highest BCUT2D eigenvalue weighted by Crippen LogP contribution is 2.26. The normalized spacial score (nSPS) is 24.3. The first-order valence-corrected chi connectivity index (χ1v) is 11.9. The van der Waals surface area contributed by atoms with Gasteiger partial charge in [0, 0.05) is 56.6 Å². The first kappa shape index (κ1) is 18.7. The predicted octanol–water partition coefficient (Wildman–Crippen LogP) is 1.62. The highest BCUT2D eigenvalue weighted by atomic mass is 32.2. The Balaban J connectivity index is 1.36. The Hall–Kier alpha value is -1.60. The second kappa shape index (κ2) is 7.80. The second-order valence-electron chi connectivity index (χ2n) is 7.95. The zero-order chi connectivity index (χ0) is 18.9. The SMILES string of the molecule is O=C(c1ccc(N2CCS(=O)(=O)CC2)cc1)N1CCCN(C2CCC2)CC1. The van der Waals surface area contributed by atoms with Gasteiger partial charge in [-0.05, 0) is 43.5 Å². The molecule has 7 heteroatoms. The molecule has 1 aromatic rings. The van der Waals surface area contributed by atoms with E-state index in [2.05, 4.69) is 9.80 Å². The number of carbonyl (C=O) groups is 1. The molecule has 4 rings (SSSR count). The van der Waals surface area contributed by atoms with Crippen molar-refractivity contribution in [2.24, 2.45) is 0 Å². The van der Waals surface area contributed by atoms with Crippen molar-refractivity contribution >= 4 is 21.4 Å². The summed E-state index contributed by atoms with van der Waals surface area (Å²) in [5.74, 6) is 0.524. The lowest BCUT2D eigenvalue weighted by atomic mass is 9.91. The van der Waals surface area contributed by atoms with Gasteiger partial charge in [-0.3, -0.25) is 9.69 Å². The molecule has 0 unspecified atom stereocenters. The molecule has 148 valence electrons. The monoisotopic (exact) mass is 391 g/mol. The van der Waals surface area contributed by atoms with Gasteiger partial charge in [-0.15, -0.1) is 0 Å². The largest absolute Gasteiger partial charge is 0.369 e. The van der Waals surface area contributed by atoms with Gasteiger partial charge in [0.15, 0.2) is 9.84 Å². The molecular weight excluding hydrogens is 362 g/mol. The van der Waals surface area contributed by atoms with Gasteiger partial charge in [0.25, 0.3) is 5.91 Å². The molecule has 3 aliphatic rings. The highest BCUT2D eigenvalue weighted by Gasteiger charge is 2.28. The molecule has 1 amide bonds. The van der Waals surface area contributed by atoms with Crippen LogP contribution in [0.15, 0.2) is 24.3 Å². The fraction of sp³-hybridized carbons (Fsp3) is 0.650. The Morgan fingerprint density at radius 1 is 0.852 bits per heavy atom. The zero-order valence-electron chi connectivity index (χ0n) is 15.8. The van der Waals surface area contributed by atoms with Crippen LogP contribution in [0.1, 0.15) is 36.0 Å². The van der Waals surface area contributed by atoms with E-state index in [1.807, 2.05) is 29.2 Å². The summed E-state index contributed by atoms with van der Waals surface area (Å²) in [5, 5.41) is 0. The Morgan fingerprint density at radius 3 is 2.19 bits per heavy atom. The van der Waals surface area contributed by atoms with Crippen molar-refractivity contribution in [3.63, 3.8) is 0 Å². The van der Waals surface area contributed by atoms with Crippen molar-refractivity contribution in [1.82, 2.24) is 9.80 Å². The number of hydrogen-bond donors (Lipinski definition) is 0. The van der Waals surface area contributed by atoms with Crippen LogP contribution >= 0.6 is 0 Å². The molecule has 6 nitrogen and oxygen atoms in total. The molecular formula is C20H29N3O3S. The van der Waals surface area contributed by atoms with Gasteiger partial charge in [-0.2, -0.15) is 0 Å². The second-order valence-corrected chi connectivity index (χ2v) is 10.3. The minimum Gasteiger partial charge on any atom is -0.369 e. The average molecular weight is 392 g/mol. The first-order chi connectivity index (χ1) is 13.0. The zero-order valence-corrected chi connectivity index (χ0v) is 16.7. The molecule has 1 saturated carbocycles. The van der Waals surface area contributed by atoms with E-state index in [9.17, 15) is 13.2 Å². The summed E-state index contributed by atoms with van der Waals surface area (Å²) >= 11 is 0. The number of rotatable bonds is 3. The number of sulfone groups is 1. The summed E-state index contributed by atoms with van der Waals surface area (Å²) in [7, 11) is -2.88. The summed E-state index contributed by atoms with van der Waals surface area (Å²) in [6.07, 6.45) is 5.02. The third-order valence-corrected chi connectivity index (χ3v) is 7.84. The predicted molar refractivity (Wildman–Crippen MR) is 107 cm³/mol. The molecule has 2 heterocycles. The van der Waals surface area contributed by atoms with E-state index in [-0.39, 0.29) is 17.4 Å². The molecule has 2 saturated heterocycles. The number of benzene rings is 1. The van der Waals surface area contributed by atoms with Gasteiger partial charge in [-0.1, -0.05) is 6.42 Å². The van der Waals surface area contributed by atoms with Crippen LogP contribution in [0.25, 0.3) is 0 Å². The number of amides is 1. The third kappa shape index (κ3) is 4.29. The number of carbonyl (C=O) groups excluding carboxylic acids is 1. The molecule has 0 spiro atoms. The fourth-order valence-corrected chi connectivity index (χ4v) is 5.43. The van der Waals surface area contributed by atoms with E-state index in [1.54, 1.807) is 0 Å². The Bertz CT molecular complexity index is 760. The van der Waals surface area contributed by atoms with Crippen molar-refractivity contribution in [1.29, 1.82) is 0 Å². The number of nitrogens with zero attached hydrogens (tertiary/aromatic N) is 3. The lowest BCUT2D eigenvalue weighted by molar-refractivity contribution is 0.0749. The van der Waals surface area contributed by atoms with Crippen LogP contribution in [0.4, 0.5) is 5.69 Å². The Morgan fingerprint density at radius 2 is 1.56 bits per heavy atom. The Labute approximate surface area is 162 Å². The molecule has 0 radical (unpaired) electrons. The summed E-state index contributed by atoms with van der Waals surface area (Å²) in [4.78, 5) is 19.5. The van der Waals surface area contributed by atoms with Crippen molar-refractivity contribution < 1.29 is 13.2 Å². The van der Waals surface area contributed by atoms with E-state index >= 15 is 0 Å². The van der Waals surface area contributed by atoms with Crippen LogP contribution < -0.4 is 4.90 Å². The van der Waals surface area contributed by atoms with Crippen molar-refractivity contribution in [2.45, 2.75) is 31.7 Å². The summed E-state index contributed by atoms with van der Waals surface area (Å²) in [5.41, 5.74) is 1.72. The maximum absolute atomic E-state index is 12.9. The smallest absolute Gasteiger partial charge is 0.253 e. The molecule has 27 heavy (non-hydrogen) atoms. The van der Waals surface area contributed by atoms with E-state index in [1.165, 1.54) is 19.3 Å². The van der Waals surface area contributed by atoms with E-state index in [4.69, 9.17) is 0 Å². The van der Waals surface area contributed by atoms with Crippen LogP contribution in [0.5, 0.6) is 0 Å². The van der Waals surface area contributed by atoms with Crippen molar-refractivity contribution in [3.05, 3.63) is 29.8 Å². The summed E-state index contributed by atoms with van der Waals surface area (Å²) in [6, 6.07) is 8.41. The standard InChI is InChI=1S/C20H29N3O3S/c24-20(23-10-2-9-21(11-12-23)18-3-1-4-18)17-5-7-19(8-6-17)22-13-15-27(25,26)16-14-22/h5-8,18H,1-4,9-16H2. The lowest BCUT2D eigenvalue weighted by Gasteiger charge is -2.36. The summed E-state index contributed by atoms with van der Waals surface area (Å²) < 4.78 is 23.2. The van der Waals surface area contributed by atoms with Gasteiger partial charge >= 0.3 is 0 Å². The van der Waals surface area contributed by atoms with Gasteiger partial charge in [0.2, 0.25) is 0 Å². The van der Waals surface area contributed by atoms with E-state index in [0.29, 0.717) is 13.1 Å². The Kier molecular flexibility index (Phi) is 5.41. The molecule has 1 aromatic carbocycles. The van der Waals surface area contributed by atoms with Crippen molar-refractivity contribution in [3.8, 4) is 0 Å². The van der Waals surface area contributed by atoms with Crippen LogP contribution in [-0.4, -0.2) is 80.9 Å². The molecule has 0 bridgehead atoms. The lowest BCUT2D eigenvalue weighted by Crippen LogP contribution is -2.42. The highest BCUT2D eigenvalue weighted by molar-refractivity contribution is 7.91. The van der Waals surface area contributed by atoms with Gasteiger partial charge in [0.1, 0.15) is 0 Å². The third-order valence-electron chi connectivity index (χ3n) is 6.23. The van der Waals surface area contributed by atoms with Gasteiger partial charge < -0.3 is 9.80 Å². The topological polar surface area (TPSA) is 60.9 Å². The van der Waals surface area contributed by atoms with E-state index in [0.717, 1.165) is 49.9 Å². The molecule has 3 fully saturated rings. The number of hydrogen-bond acceptors (Lipinski definition) is 5. The summed E-state index contributed by atoms with van der Waals surface area (Å²) in [6.45, 7) is 4.77. The maximum atomic E-state index is 12.9. The molecule has 1 aliphatic carbocycles. The molecule has 0 N–H and O–H groups in total. The first-order valence-electron chi connectivity index (χ1n) is 10.1. The van der Waals surface area contributed by atoms with Gasteiger partial charge in [-0.25, -0.2) is 8.42 Å². The van der Waals surface area contributed by atoms with E-state index < -0.39 is 9.84 Å². The quantitative estimate of drug-likeness (QED) is 0.784. The molecule has 0 aromatic heterocycles. The minimum atomic E-state index is -2.88. The minimum absolute atomic E-state index is 0.109. The van der Waals surface area contributed by atoms with Crippen LogP contribution in [0, 0.1) is 0 Å². The van der Waals surface area contributed by atoms with Crippen LogP contribution in [0.3, 0.4) is 0 Å². The fourth-order valence-electron chi connectivity index (χ4n) is 4.23. The van der Waals surface area contributed by atoms with Gasteiger partial charge in [0.05, 0.1) is 11.5 Å². The maximum Gasteiger partial charge on any atom is 0.253 e. The molecule has 0 atom stereocenters. The van der Waals surface area contributed by atoms with Crippen molar-refractivity contribution in [2.75, 3.05) is 55.7 Å². The average Bonchev–Trinajstić information content (AvgIpc) is 2.86. The number of anilines is 1. The molecule has 2 aliphatic heterocycles. The van der Waals surface area contributed by atoms with Crippen LogP contribution in [-0.2, 0) is 9.84 Å². The van der Waals surface area contributed by atoms with Crippen LogP contribution in [0.2, 0.25) is 0 Å².